The van der Waals surface area contributed by atoms with Gasteiger partial charge < -0.3 is 0 Å². The van der Waals surface area contributed by atoms with Gasteiger partial charge in [-0.2, -0.15) is 0 Å². The van der Waals surface area contributed by atoms with Crippen molar-refractivity contribution in [2.45, 2.75) is 102 Å². The molecule has 2 saturated carbocycles. The van der Waals surface area contributed by atoms with Crippen molar-refractivity contribution in [2.24, 2.45) is 10.2 Å². The molecule has 0 spiro atoms. The highest BCUT2D eigenvalue weighted by molar-refractivity contribution is 8.04. The van der Waals surface area contributed by atoms with Gasteiger partial charge in [-0.3, -0.25) is 0 Å². The summed E-state index contributed by atoms with van der Waals surface area (Å²) in [5, 5.41) is 4.17. The average molecular weight is 575 g/mol. The van der Waals surface area contributed by atoms with E-state index in [4.69, 9.17) is 11.1 Å². The van der Waals surface area contributed by atoms with Crippen LogP contribution in [0.5, 0.6) is 0 Å². The van der Waals surface area contributed by atoms with Gasteiger partial charge in [0.15, 0.2) is 41.1 Å². The Balaban J connectivity index is 2.48. The fourth-order valence-corrected chi connectivity index (χ4v) is 12.5. The summed E-state index contributed by atoms with van der Waals surface area (Å²) in [5.74, 6) is 0. The van der Waals surface area contributed by atoms with Gasteiger partial charge >= 0.3 is 0 Å². The van der Waals surface area contributed by atoms with Gasteiger partial charge in [0.1, 0.15) is 0 Å². The molecule has 18 heteroatoms. The number of rotatable bonds is 12. The zero-order chi connectivity index (χ0) is 26.3. The van der Waals surface area contributed by atoms with Crippen LogP contribution in [0.4, 0.5) is 0 Å². The minimum atomic E-state index is -4.57. The molecule has 2 fully saturated rings. The van der Waals surface area contributed by atoms with E-state index < -0.39 is 79.3 Å². The van der Waals surface area contributed by atoms with Crippen LogP contribution in [-0.4, -0.2) is 52.6 Å². The molecule has 2 unspecified atom stereocenters. The summed E-state index contributed by atoms with van der Waals surface area (Å²) < 4.78 is 96.4. The van der Waals surface area contributed by atoms with Gasteiger partial charge in [0.2, 0.25) is 8.41 Å². The van der Waals surface area contributed by atoms with Gasteiger partial charge in [-0.1, -0.05) is 48.8 Å². The Bertz CT molecular complexity index is 1130. The first kappa shape index (κ1) is 29.6. The molecular weight excluding hydrogens is 544 g/mol. The Labute approximate surface area is 207 Å². The largest absolute Gasteiger partial charge is 0.248 e. The van der Waals surface area contributed by atoms with Gasteiger partial charge in [0, 0.05) is 9.82 Å². The van der Waals surface area contributed by atoms with Crippen molar-refractivity contribution in [1.82, 2.24) is 0 Å². The maximum Gasteiger partial charge on any atom is 0.248 e. The maximum atomic E-state index is 13.3. The third kappa shape index (κ3) is 5.72. The smallest absolute Gasteiger partial charge is 0.230 e. The van der Waals surface area contributed by atoms with Crippen LogP contribution >= 0.6 is 0 Å². The van der Waals surface area contributed by atoms with Crippen molar-refractivity contribution in [2.75, 3.05) is 0 Å². The summed E-state index contributed by atoms with van der Waals surface area (Å²) in [6, 6.07) is 0. The van der Waals surface area contributed by atoms with E-state index in [1.54, 1.807) is 0 Å². The fourth-order valence-electron chi connectivity index (χ4n) is 4.94. The zero-order valence-corrected chi connectivity index (χ0v) is 22.4. The molecule has 0 heterocycles. The third-order valence-electron chi connectivity index (χ3n) is 6.87. The molecule has 0 N–H and O–H groups in total. The minimum Gasteiger partial charge on any atom is -0.230 e. The van der Waals surface area contributed by atoms with Crippen LogP contribution in [0.15, 0.2) is 10.2 Å². The molecule has 0 aromatic carbocycles. The van der Waals surface area contributed by atoms with Gasteiger partial charge in [-0.05, 0) is 56.0 Å². The topological polar surface area (TPSA) is 234 Å². The molecule has 35 heavy (non-hydrogen) atoms. The summed E-state index contributed by atoms with van der Waals surface area (Å²) in [6.07, 6.45) is 2.07. The SMILES string of the molecule is [N-]=[N+]=NC(CCCC(N=[N+]=[N-])([SH](=O)=O)S(=O)(=O)C1CCCCC1)([SH](=O)=O)S(=O)(=O)C1CCCCC1. The predicted octanol–water partition coefficient (Wildman–Crippen LogP) is 2.80. The lowest BCUT2D eigenvalue weighted by Gasteiger charge is -2.32. The summed E-state index contributed by atoms with van der Waals surface area (Å²) in [7, 11) is -16.9. The van der Waals surface area contributed by atoms with Crippen molar-refractivity contribution < 1.29 is 33.7 Å². The number of sulfone groups is 2. The van der Waals surface area contributed by atoms with Crippen molar-refractivity contribution in [3.8, 4) is 0 Å². The van der Waals surface area contributed by atoms with E-state index in [9.17, 15) is 33.7 Å². The van der Waals surface area contributed by atoms with Crippen LogP contribution in [0.3, 0.4) is 0 Å². The Kier molecular flexibility index (Phi) is 10.3. The highest BCUT2D eigenvalue weighted by Gasteiger charge is 2.54. The second kappa shape index (κ2) is 12.1. The standard InChI is InChI=1S/C17H30N6O8S4/c18-22-20-16(32(24)25,34(28,29)14-8-3-1-4-9-14)12-7-13-17(21-23-19,33(26)27)35(30,31)15-10-5-2-6-11-15/h14-15,32-33H,1-13H2. The van der Waals surface area contributed by atoms with Gasteiger partial charge in [0.05, 0.1) is 10.5 Å². The van der Waals surface area contributed by atoms with Crippen LogP contribution in [0.1, 0.15) is 83.5 Å². The number of hydrogen-bond donors (Lipinski definition) is 2. The molecule has 0 radical (unpaired) electrons. The van der Waals surface area contributed by atoms with Crippen molar-refractivity contribution in [3.63, 3.8) is 0 Å². The van der Waals surface area contributed by atoms with Crippen LogP contribution in [0, 0.1) is 0 Å². The van der Waals surface area contributed by atoms with E-state index >= 15 is 0 Å². The molecule has 0 aromatic heterocycles. The van der Waals surface area contributed by atoms with Crippen LogP contribution in [-0.2, 0) is 41.1 Å². The molecular formula is C17H30N6O8S4. The zero-order valence-electron chi connectivity index (χ0n) is 19.0. The van der Waals surface area contributed by atoms with Crippen molar-refractivity contribution in [1.29, 1.82) is 0 Å². The molecule has 200 valence electrons. The molecule has 2 rings (SSSR count). The molecule has 2 aliphatic rings. The van der Waals surface area contributed by atoms with Crippen molar-refractivity contribution >= 4 is 41.1 Å². The second-order valence-electron chi connectivity index (χ2n) is 8.84. The Morgan fingerprint density at radius 1 is 0.657 bits per heavy atom. The van der Waals surface area contributed by atoms with Crippen LogP contribution < -0.4 is 0 Å². The predicted molar refractivity (Wildman–Crippen MR) is 130 cm³/mol. The van der Waals surface area contributed by atoms with E-state index in [0.29, 0.717) is 25.7 Å². The van der Waals surface area contributed by atoms with E-state index in [0.717, 1.165) is 12.8 Å². The number of nitrogens with zero attached hydrogens (tertiary/aromatic N) is 6. The van der Waals surface area contributed by atoms with Gasteiger partial charge in [-0.15, -0.1) is 0 Å². The molecule has 0 aromatic rings. The van der Waals surface area contributed by atoms with Crippen LogP contribution in [0.25, 0.3) is 20.9 Å². The van der Waals surface area contributed by atoms with Crippen molar-refractivity contribution in [3.05, 3.63) is 20.9 Å². The molecule has 0 amide bonds. The second-order valence-corrected chi connectivity index (χ2v) is 16.8. The van der Waals surface area contributed by atoms with Gasteiger partial charge in [-0.25, -0.2) is 33.7 Å². The molecule has 0 aliphatic heterocycles. The average Bonchev–Trinajstić information content (AvgIpc) is 2.83. The summed E-state index contributed by atoms with van der Waals surface area (Å²) in [6.45, 7) is 0. The number of hydrogen-bond acceptors (Lipinski definition) is 10. The third-order valence-corrected chi connectivity index (χ3v) is 16.2. The Morgan fingerprint density at radius 2 is 0.971 bits per heavy atom. The fraction of sp³-hybridized carbons (Fsp3) is 1.00. The first-order valence-electron chi connectivity index (χ1n) is 11.3. The summed E-state index contributed by atoms with van der Waals surface area (Å²) in [5.41, 5.74) is 18.0. The monoisotopic (exact) mass is 574 g/mol. The Morgan fingerprint density at radius 3 is 1.23 bits per heavy atom. The van der Waals surface area contributed by atoms with E-state index in [2.05, 4.69) is 20.1 Å². The molecule has 2 atom stereocenters. The van der Waals surface area contributed by atoms with E-state index in [-0.39, 0.29) is 25.7 Å². The van der Waals surface area contributed by atoms with E-state index in [1.807, 2.05) is 0 Å². The lowest BCUT2D eigenvalue weighted by molar-refractivity contribution is 0.453. The molecule has 0 saturated heterocycles. The summed E-state index contributed by atoms with van der Waals surface area (Å²) in [4.78, 5) is 4.88. The Hall–Kier alpha value is -1.58. The molecule has 0 bridgehead atoms. The first-order valence-corrected chi connectivity index (χ1v) is 16.8. The van der Waals surface area contributed by atoms with Crippen LogP contribution in [0.2, 0.25) is 0 Å². The number of thiol groups is 2. The highest BCUT2D eigenvalue weighted by atomic mass is 32.3. The quantitative estimate of drug-likeness (QED) is 0.152. The highest BCUT2D eigenvalue weighted by Crippen LogP contribution is 2.40. The summed E-state index contributed by atoms with van der Waals surface area (Å²) >= 11 is 0. The number of azide groups is 2. The lowest BCUT2D eigenvalue weighted by atomic mass is 10.0. The molecule has 14 nitrogen and oxygen atoms in total. The van der Waals surface area contributed by atoms with Gasteiger partial charge in [0.25, 0.3) is 0 Å². The normalized spacial score (nSPS) is 22.0. The molecule has 2 aliphatic carbocycles. The lowest BCUT2D eigenvalue weighted by Crippen LogP contribution is -2.47. The first-order chi connectivity index (χ1) is 16.4. The maximum absolute atomic E-state index is 13.3. The minimum absolute atomic E-state index is 0.180. The van der Waals surface area contributed by atoms with E-state index in [1.165, 1.54) is 0 Å².